The summed E-state index contributed by atoms with van der Waals surface area (Å²) in [5.74, 6) is -1.41. The summed E-state index contributed by atoms with van der Waals surface area (Å²) in [6, 6.07) is 0.415. The molecule has 0 spiro atoms. The van der Waals surface area contributed by atoms with Gasteiger partial charge in [-0.25, -0.2) is 0 Å². The maximum Gasteiger partial charge on any atom is 0.303 e. The minimum absolute atomic E-state index is 0.0113. The van der Waals surface area contributed by atoms with E-state index in [0.717, 1.165) is 52.1 Å². The lowest BCUT2D eigenvalue weighted by molar-refractivity contribution is -0.137. The zero-order valence-electron chi connectivity index (χ0n) is 19.8. The Labute approximate surface area is 196 Å². The summed E-state index contributed by atoms with van der Waals surface area (Å²) in [6.45, 7) is 7.42. The molecule has 0 aliphatic carbocycles. The molecular weight excluding hydrogens is 442 g/mol. The lowest BCUT2D eigenvalue weighted by Gasteiger charge is -2.36. The van der Waals surface area contributed by atoms with Crippen LogP contribution < -0.4 is 16.0 Å². The predicted molar refractivity (Wildman–Crippen MR) is 124 cm³/mol. The van der Waals surface area contributed by atoms with Crippen LogP contribution in [-0.2, 0) is 19.2 Å². The SMILES string of the molecule is [13CH3][15N]1[13CH2][13CH2][15N]([13CH2]C2CCCN2CC(=O)[15NH][13CH2][13CH2][13C](=O)NC[13CH2][13C](=O)NCCCC(=O)O)[13CH2][13CH2]1. The number of aliphatic carboxylic acids is 1. The van der Waals surface area contributed by atoms with Crippen LogP contribution in [-0.4, -0.2) is 122 Å². The molecule has 0 bridgehead atoms. The Hall–Kier alpha value is -2.24. The maximum atomic E-state index is 12.3. The fourth-order valence-electron chi connectivity index (χ4n) is 4.15. The number of rotatable bonds is 14. The molecule has 4 N–H and O–H groups in total. The fourth-order valence-corrected chi connectivity index (χ4v) is 4.15. The average Bonchev–Trinajstić information content (AvgIpc) is 3.19. The van der Waals surface area contributed by atoms with Crippen molar-refractivity contribution in [2.75, 3.05) is 72.5 Å². The van der Waals surface area contributed by atoms with Crippen molar-refractivity contribution in [3.8, 4) is 0 Å². The van der Waals surface area contributed by atoms with Crippen molar-refractivity contribution < 1.29 is 24.3 Å². The number of carboxylic acid groups (broad SMARTS) is 1. The number of carbonyl (C=O) groups is 4. The summed E-state index contributed by atoms with van der Waals surface area (Å²) in [6.07, 6.45) is 2.92. The molecule has 11 nitrogen and oxygen atoms in total. The standard InChI is InChI=1S/C22H40N6O5/c1-26-12-14-27(15-13-26)16-18-4-3-11-28(18)17-21(31)25-10-7-20(30)24-9-6-19(29)23-8-2-5-22(32)33/h18H,2-17H2,1H3,(H,23,29)(H,24,30)(H,25,31)(H,32,33)/i1+1,6+1,7+1,10+1,12+1,13+1,14+1,15+1,16+1,19+1,20+1,25+1,26+1,27+1. The van der Waals surface area contributed by atoms with Crippen LogP contribution in [0.1, 0.15) is 38.5 Å². The first-order valence-corrected chi connectivity index (χ1v) is 12.0. The molecule has 1 unspecified atom stereocenters. The minimum Gasteiger partial charge on any atom is -0.481 e. The Bertz CT molecular complexity index is 653. The minimum atomic E-state index is -0.894. The average molecular weight is 482 g/mol. The molecule has 1 atom stereocenters. The summed E-state index contributed by atoms with van der Waals surface area (Å²) in [7, 11) is 2.15. The van der Waals surface area contributed by atoms with E-state index in [1.165, 1.54) is 0 Å². The van der Waals surface area contributed by atoms with Gasteiger partial charge in [-0.3, -0.25) is 29.0 Å². The fraction of sp³-hybridized carbons (Fsp3) is 0.818. The third kappa shape index (κ3) is 11.4. The van der Waals surface area contributed by atoms with Gasteiger partial charge in [0, 0.05) is 77.7 Å². The van der Waals surface area contributed by atoms with Gasteiger partial charge in [0.15, 0.2) is 0 Å². The van der Waals surface area contributed by atoms with Crippen molar-refractivity contribution in [3.05, 3.63) is 0 Å². The molecule has 2 rings (SSSR count). The topological polar surface area (TPSA) is 134 Å². The van der Waals surface area contributed by atoms with Gasteiger partial charge in [0.2, 0.25) is 17.7 Å². The number of amides is 3. The van der Waals surface area contributed by atoms with Crippen molar-refractivity contribution in [2.45, 2.75) is 44.6 Å². The number of hydrogen-bond acceptors (Lipinski definition) is 7. The molecule has 2 aliphatic rings. The van der Waals surface area contributed by atoms with Crippen LogP contribution >= 0.6 is 0 Å². The molecule has 3 amide bonds. The lowest BCUT2D eigenvalue weighted by atomic mass is 10.3. The van der Waals surface area contributed by atoms with E-state index < -0.39 is 5.97 Å². The molecule has 0 aromatic rings. The van der Waals surface area contributed by atoms with Gasteiger partial charge in [-0.2, -0.15) is 0 Å². The molecule has 0 aromatic heterocycles. The number of nitrogens with zero attached hydrogens (tertiary/aromatic N) is 3. The normalized spacial score (nSPS) is 19.8. The Morgan fingerprint density at radius 2 is 1.42 bits per heavy atom. The first-order chi connectivity index (χ1) is 15.8. The molecule has 2 heterocycles. The van der Waals surface area contributed by atoms with E-state index >= 15 is 0 Å². The summed E-state index contributed by atoms with van der Waals surface area (Å²) in [4.78, 5) is 53.4. The highest BCUT2D eigenvalue weighted by Gasteiger charge is 2.28. The van der Waals surface area contributed by atoms with E-state index in [2.05, 4.69) is 37.7 Å². The van der Waals surface area contributed by atoms with E-state index in [4.69, 9.17) is 5.11 Å². The van der Waals surface area contributed by atoms with Crippen molar-refractivity contribution in [1.82, 2.24) is 30.7 Å². The molecule has 2 saturated heterocycles. The molecule has 11 heteroatoms. The van der Waals surface area contributed by atoms with Gasteiger partial charge in [0.25, 0.3) is 0 Å². The second-order valence-corrected chi connectivity index (χ2v) is 8.92. The van der Waals surface area contributed by atoms with E-state index in [-0.39, 0.29) is 50.1 Å². The summed E-state index contributed by atoms with van der Waals surface area (Å²) in [5.41, 5.74) is 0. The third-order valence-corrected chi connectivity index (χ3v) is 6.15. The van der Waals surface area contributed by atoms with Gasteiger partial charge in [-0.05, 0) is 32.9 Å². The van der Waals surface area contributed by atoms with Crippen molar-refractivity contribution in [3.63, 3.8) is 0 Å². The summed E-state index contributed by atoms with van der Waals surface area (Å²) in [5, 5.41) is 16.6. The Balaban J connectivity index is 1.52. The summed E-state index contributed by atoms with van der Waals surface area (Å²) < 4.78 is 0. The van der Waals surface area contributed by atoms with Crippen LogP contribution in [0.2, 0.25) is 0 Å². The van der Waals surface area contributed by atoms with Gasteiger partial charge in [-0.15, -0.1) is 0 Å². The van der Waals surface area contributed by atoms with Gasteiger partial charge in [0.1, 0.15) is 0 Å². The smallest absolute Gasteiger partial charge is 0.303 e. The van der Waals surface area contributed by atoms with Crippen LogP contribution in [0.5, 0.6) is 0 Å². The lowest BCUT2D eigenvalue weighted by Crippen LogP contribution is -2.50. The Morgan fingerprint density at radius 1 is 0.818 bits per heavy atom. The second kappa shape index (κ2) is 14.8. The highest BCUT2D eigenvalue weighted by atomic mass is 16.4. The van der Waals surface area contributed by atoms with E-state index in [1.807, 2.05) is 0 Å². The highest BCUT2D eigenvalue weighted by Crippen LogP contribution is 2.18. The van der Waals surface area contributed by atoms with Gasteiger partial charge in [-0.1, -0.05) is 0 Å². The largest absolute Gasteiger partial charge is 0.481 e. The van der Waals surface area contributed by atoms with Crippen LogP contribution in [0.25, 0.3) is 0 Å². The second-order valence-electron chi connectivity index (χ2n) is 8.92. The van der Waals surface area contributed by atoms with Crippen molar-refractivity contribution in [1.29, 1.82) is 0 Å². The molecular formula is C22H40N6O5. The predicted octanol–water partition coefficient (Wildman–Crippen LogP) is -1.31. The third-order valence-electron chi connectivity index (χ3n) is 6.15. The van der Waals surface area contributed by atoms with Crippen molar-refractivity contribution in [2.24, 2.45) is 0 Å². The number of piperazine rings is 1. The Morgan fingerprint density at radius 3 is 2.06 bits per heavy atom. The number of hydrogen-bond donors (Lipinski definition) is 4. The molecule has 2 fully saturated rings. The van der Waals surface area contributed by atoms with E-state index in [1.54, 1.807) is 0 Å². The number of likely N-dealkylation sites (N-methyl/N-ethyl adjacent to an activating group) is 1. The first kappa shape index (κ1) is 27.0. The Kier molecular flexibility index (Phi) is 12.1. The van der Waals surface area contributed by atoms with Crippen LogP contribution in [0.3, 0.4) is 0 Å². The van der Waals surface area contributed by atoms with E-state index in [9.17, 15) is 19.2 Å². The molecule has 0 aromatic carbocycles. The van der Waals surface area contributed by atoms with Crippen LogP contribution in [0.15, 0.2) is 0 Å². The maximum absolute atomic E-state index is 12.3. The molecule has 2 aliphatic heterocycles. The quantitative estimate of drug-likeness (QED) is 0.136. The van der Waals surface area contributed by atoms with Gasteiger partial charge in [0.05, 0.1) is 6.54 Å². The molecule has 33 heavy (non-hydrogen) atoms. The summed E-state index contributed by atoms with van der Waals surface area (Å²) >= 11 is 0. The molecule has 0 radical (unpaired) electrons. The first-order valence-electron chi connectivity index (χ1n) is 12.0. The van der Waals surface area contributed by atoms with Gasteiger partial charge < -0.3 is 26.0 Å². The molecule has 0 saturated carbocycles. The number of nitrogens with one attached hydrogen (secondary N) is 3. The monoisotopic (exact) mass is 482 g/mol. The highest BCUT2D eigenvalue weighted by molar-refractivity contribution is 5.81. The molecule has 188 valence electrons. The van der Waals surface area contributed by atoms with E-state index in [0.29, 0.717) is 25.6 Å². The van der Waals surface area contributed by atoms with Crippen LogP contribution in [0.4, 0.5) is 0 Å². The van der Waals surface area contributed by atoms with Gasteiger partial charge >= 0.3 is 5.97 Å². The zero-order chi connectivity index (χ0) is 24.1. The number of likely N-dealkylation sites (tertiary alicyclic amines) is 1. The number of carboxylic acids is 1. The van der Waals surface area contributed by atoms with Crippen molar-refractivity contribution >= 4 is 23.7 Å². The number of carbonyl (C=O) groups excluding carboxylic acids is 3. The van der Waals surface area contributed by atoms with Crippen LogP contribution in [0, 0.1) is 0 Å². The zero-order valence-corrected chi connectivity index (χ0v) is 19.8.